The van der Waals surface area contributed by atoms with E-state index in [1.165, 1.54) is 11.1 Å². The predicted octanol–water partition coefficient (Wildman–Crippen LogP) is 6.40. The molecule has 0 aliphatic carbocycles. The third-order valence-corrected chi connectivity index (χ3v) is 4.94. The fourth-order valence-corrected chi connectivity index (χ4v) is 3.47. The van der Waals surface area contributed by atoms with E-state index in [2.05, 4.69) is 88.8 Å². The third kappa shape index (κ3) is 3.21. The molecule has 0 saturated heterocycles. The van der Waals surface area contributed by atoms with Gasteiger partial charge in [-0.3, -0.25) is 0 Å². The molecular formula is C21H19N3S. The summed E-state index contributed by atoms with van der Waals surface area (Å²) >= 11 is 1.69. The summed E-state index contributed by atoms with van der Waals surface area (Å²) in [6.07, 6.45) is 1.86. The first-order valence-corrected chi connectivity index (χ1v) is 9.16. The molecule has 4 aromatic rings. The molecule has 2 aromatic carbocycles. The van der Waals surface area contributed by atoms with Gasteiger partial charge in [0.05, 0.1) is 0 Å². The standard InChI is InChI=1S/C21H19N3S/c1-14-3-6-16(7-4-14)24-21-19-8-5-15(2)20(18(19)9-11-22-21)23-17-10-12-25-13-17/h3-13,23H,1-2H3,(H,22,24). The van der Waals surface area contributed by atoms with Gasteiger partial charge in [0.2, 0.25) is 0 Å². The molecule has 2 aromatic heterocycles. The highest BCUT2D eigenvalue weighted by molar-refractivity contribution is 7.08. The molecule has 0 unspecified atom stereocenters. The number of nitrogens with one attached hydrogen (secondary N) is 2. The molecule has 4 rings (SSSR count). The highest BCUT2D eigenvalue weighted by Gasteiger charge is 2.10. The fraction of sp³-hybridized carbons (Fsp3) is 0.0952. The Morgan fingerprint density at radius 3 is 2.40 bits per heavy atom. The topological polar surface area (TPSA) is 37.0 Å². The molecule has 0 aliphatic heterocycles. The number of thiophene rings is 1. The Labute approximate surface area is 151 Å². The first-order valence-electron chi connectivity index (χ1n) is 8.22. The number of fused-ring (bicyclic) bond motifs is 1. The van der Waals surface area contributed by atoms with E-state index in [0.717, 1.165) is 33.7 Å². The van der Waals surface area contributed by atoms with Crippen molar-refractivity contribution >= 4 is 45.0 Å². The smallest absolute Gasteiger partial charge is 0.138 e. The Morgan fingerprint density at radius 1 is 0.800 bits per heavy atom. The predicted molar refractivity (Wildman–Crippen MR) is 109 cm³/mol. The summed E-state index contributed by atoms with van der Waals surface area (Å²) in [4.78, 5) is 4.56. The second kappa shape index (κ2) is 6.57. The number of aromatic nitrogens is 1. The van der Waals surface area contributed by atoms with E-state index in [-0.39, 0.29) is 0 Å². The van der Waals surface area contributed by atoms with Crippen molar-refractivity contribution in [2.45, 2.75) is 13.8 Å². The normalized spacial score (nSPS) is 10.8. The van der Waals surface area contributed by atoms with Crippen molar-refractivity contribution in [3.63, 3.8) is 0 Å². The number of nitrogens with zero attached hydrogens (tertiary/aromatic N) is 1. The minimum Gasteiger partial charge on any atom is -0.354 e. The van der Waals surface area contributed by atoms with Gasteiger partial charge < -0.3 is 10.6 Å². The number of anilines is 4. The highest BCUT2D eigenvalue weighted by atomic mass is 32.1. The van der Waals surface area contributed by atoms with E-state index < -0.39 is 0 Å². The molecule has 0 aliphatic rings. The van der Waals surface area contributed by atoms with Crippen molar-refractivity contribution in [2.75, 3.05) is 10.6 Å². The van der Waals surface area contributed by atoms with E-state index in [1.807, 2.05) is 6.20 Å². The van der Waals surface area contributed by atoms with E-state index in [1.54, 1.807) is 11.3 Å². The zero-order valence-corrected chi connectivity index (χ0v) is 15.0. The first-order chi connectivity index (χ1) is 12.2. The molecule has 2 heterocycles. The molecule has 0 radical (unpaired) electrons. The van der Waals surface area contributed by atoms with E-state index in [0.29, 0.717) is 0 Å². The minimum absolute atomic E-state index is 0.870. The maximum absolute atomic E-state index is 4.56. The lowest BCUT2D eigenvalue weighted by Gasteiger charge is -2.15. The molecule has 25 heavy (non-hydrogen) atoms. The van der Waals surface area contributed by atoms with E-state index in [9.17, 15) is 0 Å². The van der Waals surface area contributed by atoms with Gasteiger partial charge in [0.1, 0.15) is 5.82 Å². The van der Waals surface area contributed by atoms with Crippen LogP contribution in [0.2, 0.25) is 0 Å². The molecule has 124 valence electrons. The second-order valence-electron chi connectivity index (χ2n) is 6.14. The summed E-state index contributed by atoms with van der Waals surface area (Å²) < 4.78 is 0. The summed E-state index contributed by atoms with van der Waals surface area (Å²) in [5.41, 5.74) is 5.75. The van der Waals surface area contributed by atoms with Crippen molar-refractivity contribution in [3.05, 3.63) is 76.6 Å². The van der Waals surface area contributed by atoms with Crippen LogP contribution in [0.25, 0.3) is 10.8 Å². The van der Waals surface area contributed by atoms with Gasteiger partial charge in [0.15, 0.2) is 0 Å². The molecule has 0 amide bonds. The largest absolute Gasteiger partial charge is 0.354 e. The molecular weight excluding hydrogens is 326 g/mol. The van der Waals surface area contributed by atoms with Crippen LogP contribution in [0, 0.1) is 13.8 Å². The zero-order chi connectivity index (χ0) is 17.2. The molecule has 0 bridgehead atoms. The monoisotopic (exact) mass is 345 g/mol. The molecule has 0 saturated carbocycles. The number of rotatable bonds is 4. The summed E-state index contributed by atoms with van der Waals surface area (Å²) in [6, 6.07) is 16.8. The van der Waals surface area contributed by atoms with Crippen LogP contribution in [0.15, 0.2) is 65.5 Å². The third-order valence-electron chi connectivity index (χ3n) is 4.26. The number of hydrogen-bond donors (Lipinski definition) is 2. The maximum atomic E-state index is 4.56. The first kappa shape index (κ1) is 15.7. The van der Waals surface area contributed by atoms with Crippen LogP contribution in [0.4, 0.5) is 22.9 Å². The highest BCUT2D eigenvalue weighted by Crippen LogP contribution is 2.34. The van der Waals surface area contributed by atoms with Crippen LogP contribution < -0.4 is 10.6 Å². The van der Waals surface area contributed by atoms with Crippen LogP contribution in [0.1, 0.15) is 11.1 Å². The van der Waals surface area contributed by atoms with Gasteiger partial charge in [-0.15, -0.1) is 0 Å². The number of benzene rings is 2. The molecule has 0 atom stereocenters. The van der Waals surface area contributed by atoms with Crippen molar-refractivity contribution in [3.8, 4) is 0 Å². The van der Waals surface area contributed by atoms with Gasteiger partial charge in [0, 0.05) is 39.4 Å². The summed E-state index contributed by atoms with van der Waals surface area (Å²) in [7, 11) is 0. The number of hydrogen-bond acceptors (Lipinski definition) is 4. The average molecular weight is 345 g/mol. The van der Waals surface area contributed by atoms with Crippen molar-refractivity contribution in [1.29, 1.82) is 0 Å². The van der Waals surface area contributed by atoms with Crippen molar-refractivity contribution in [2.24, 2.45) is 0 Å². The second-order valence-corrected chi connectivity index (χ2v) is 6.92. The maximum Gasteiger partial charge on any atom is 0.138 e. The van der Waals surface area contributed by atoms with Crippen LogP contribution in [-0.4, -0.2) is 4.98 Å². The summed E-state index contributed by atoms with van der Waals surface area (Å²) in [5.74, 6) is 0.870. The van der Waals surface area contributed by atoms with Gasteiger partial charge in [-0.25, -0.2) is 4.98 Å². The minimum atomic E-state index is 0.870. The molecule has 4 heteroatoms. The van der Waals surface area contributed by atoms with Crippen LogP contribution in [0.5, 0.6) is 0 Å². The van der Waals surface area contributed by atoms with Crippen LogP contribution in [-0.2, 0) is 0 Å². The van der Waals surface area contributed by atoms with Gasteiger partial charge in [0.25, 0.3) is 0 Å². The van der Waals surface area contributed by atoms with Crippen molar-refractivity contribution in [1.82, 2.24) is 4.98 Å². The molecule has 0 spiro atoms. The number of aryl methyl sites for hydroxylation is 2. The van der Waals surface area contributed by atoms with E-state index in [4.69, 9.17) is 0 Å². The summed E-state index contributed by atoms with van der Waals surface area (Å²) in [6.45, 7) is 4.22. The van der Waals surface area contributed by atoms with Crippen molar-refractivity contribution < 1.29 is 0 Å². The lowest BCUT2D eigenvalue weighted by molar-refractivity contribution is 1.33. The zero-order valence-electron chi connectivity index (χ0n) is 14.2. The Kier molecular flexibility index (Phi) is 4.12. The lowest BCUT2D eigenvalue weighted by Crippen LogP contribution is -1.98. The summed E-state index contributed by atoms with van der Waals surface area (Å²) in [5, 5.41) is 13.5. The Balaban J connectivity index is 1.77. The molecule has 2 N–H and O–H groups in total. The van der Waals surface area contributed by atoms with Crippen LogP contribution >= 0.6 is 11.3 Å². The number of pyridine rings is 1. The molecule has 3 nitrogen and oxygen atoms in total. The van der Waals surface area contributed by atoms with Gasteiger partial charge >= 0.3 is 0 Å². The Bertz CT molecular complexity index is 1010. The SMILES string of the molecule is Cc1ccc(Nc2nccc3c(Nc4ccsc4)c(C)ccc23)cc1. The Morgan fingerprint density at radius 2 is 1.64 bits per heavy atom. The van der Waals surface area contributed by atoms with Gasteiger partial charge in [-0.1, -0.05) is 29.8 Å². The van der Waals surface area contributed by atoms with E-state index >= 15 is 0 Å². The lowest BCUT2D eigenvalue weighted by atomic mass is 10.1. The van der Waals surface area contributed by atoms with Gasteiger partial charge in [-0.05, 0) is 49.1 Å². The quantitative estimate of drug-likeness (QED) is 0.449. The average Bonchev–Trinajstić information content (AvgIpc) is 3.13. The molecule has 0 fully saturated rings. The van der Waals surface area contributed by atoms with Gasteiger partial charge in [-0.2, -0.15) is 11.3 Å². The fourth-order valence-electron chi connectivity index (χ4n) is 2.88. The Hall–Kier alpha value is -2.85. The van der Waals surface area contributed by atoms with Crippen LogP contribution in [0.3, 0.4) is 0 Å².